The van der Waals surface area contributed by atoms with Crippen LogP contribution in [-0.4, -0.2) is 19.8 Å². The Kier molecular flexibility index (Phi) is 4.45. The molecule has 6 heteroatoms. The van der Waals surface area contributed by atoms with Crippen LogP contribution in [0.25, 0.3) is 0 Å². The van der Waals surface area contributed by atoms with Crippen molar-refractivity contribution in [2.45, 2.75) is 17.2 Å². The van der Waals surface area contributed by atoms with Gasteiger partial charge in [0.2, 0.25) is 0 Å². The van der Waals surface area contributed by atoms with Crippen molar-refractivity contribution in [3.63, 3.8) is 0 Å². The molecule has 0 aliphatic heterocycles. The molecule has 1 aromatic carbocycles. The number of rotatable bonds is 4. The molecule has 2 aromatic rings. The summed E-state index contributed by atoms with van der Waals surface area (Å²) in [4.78, 5) is 0. The summed E-state index contributed by atoms with van der Waals surface area (Å²) in [6.45, 7) is 1.88. The number of thiophene rings is 1. The molecule has 1 heterocycles. The van der Waals surface area contributed by atoms with Gasteiger partial charge in [-0.25, -0.2) is 8.42 Å². The first kappa shape index (κ1) is 14.7. The average molecular weight is 360 g/mol. The van der Waals surface area contributed by atoms with E-state index in [2.05, 4.69) is 15.9 Å². The molecule has 0 aliphatic carbocycles. The quantitative estimate of drug-likeness (QED) is 0.830. The summed E-state index contributed by atoms with van der Waals surface area (Å²) in [5.74, 6) is 0. The number of halogens is 1. The fourth-order valence-corrected chi connectivity index (χ4v) is 5.57. The van der Waals surface area contributed by atoms with Crippen molar-refractivity contribution in [1.29, 1.82) is 0 Å². The van der Waals surface area contributed by atoms with Crippen LogP contribution in [0.1, 0.15) is 18.5 Å². The van der Waals surface area contributed by atoms with Crippen molar-refractivity contribution in [1.82, 2.24) is 4.31 Å². The molecule has 3 nitrogen and oxygen atoms in total. The van der Waals surface area contributed by atoms with Crippen LogP contribution in [0.3, 0.4) is 0 Å². The zero-order chi connectivity index (χ0) is 14.0. The smallest absolute Gasteiger partial charge is 0.206 e. The zero-order valence-electron chi connectivity index (χ0n) is 10.6. The van der Waals surface area contributed by atoms with Gasteiger partial charge in [-0.1, -0.05) is 30.3 Å². The van der Waals surface area contributed by atoms with Gasteiger partial charge in [0, 0.05) is 17.6 Å². The number of sulfonamides is 1. The largest absolute Gasteiger partial charge is 0.253 e. The predicted molar refractivity (Wildman–Crippen MR) is 81.8 cm³/mol. The van der Waals surface area contributed by atoms with Gasteiger partial charge in [0.15, 0.2) is 0 Å². The zero-order valence-corrected chi connectivity index (χ0v) is 13.8. The SMILES string of the molecule is CC(c1ccccc1)N(C)S(=O)(=O)c1sccc1Br. The molecule has 1 aromatic heterocycles. The second-order valence-corrected chi connectivity index (χ2v) is 8.13. The van der Waals surface area contributed by atoms with E-state index in [0.717, 1.165) is 5.56 Å². The Balaban J connectivity index is 2.34. The molecule has 0 N–H and O–H groups in total. The van der Waals surface area contributed by atoms with E-state index >= 15 is 0 Å². The van der Waals surface area contributed by atoms with E-state index in [0.29, 0.717) is 8.68 Å². The van der Waals surface area contributed by atoms with Gasteiger partial charge in [0.25, 0.3) is 10.0 Å². The van der Waals surface area contributed by atoms with E-state index in [9.17, 15) is 8.42 Å². The third kappa shape index (κ3) is 2.91. The minimum atomic E-state index is -3.47. The highest BCUT2D eigenvalue weighted by Crippen LogP contribution is 2.33. The Morgan fingerprint density at radius 3 is 2.37 bits per heavy atom. The lowest BCUT2D eigenvalue weighted by Crippen LogP contribution is -2.29. The maximum Gasteiger partial charge on any atom is 0.253 e. The van der Waals surface area contributed by atoms with Gasteiger partial charge >= 0.3 is 0 Å². The Morgan fingerprint density at radius 1 is 1.21 bits per heavy atom. The van der Waals surface area contributed by atoms with E-state index in [-0.39, 0.29) is 6.04 Å². The van der Waals surface area contributed by atoms with Crippen molar-refractivity contribution in [3.8, 4) is 0 Å². The average Bonchev–Trinajstić information content (AvgIpc) is 2.85. The van der Waals surface area contributed by atoms with Crippen molar-refractivity contribution < 1.29 is 8.42 Å². The molecule has 0 amide bonds. The van der Waals surface area contributed by atoms with Crippen LogP contribution in [0, 0.1) is 0 Å². The van der Waals surface area contributed by atoms with Gasteiger partial charge in [0.05, 0.1) is 0 Å². The first-order chi connectivity index (χ1) is 8.94. The van der Waals surface area contributed by atoms with Crippen molar-refractivity contribution >= 4 is 37.3 Å². The van der Waals surface area contributed by atoms with Gasteiger partial charge in [-0.15, -0.1) is 11.3 Å². The molecule has 102 valence electrons. The van der Waals surface area contributed by atoms with Crippen LogP contribution in [0.5, 0.6) is 0 Å². The molecule has 0 aliphatic rings. The normalized spacial score (nSPS) is 13.7. The number of hydrogen-bond acceptors (Lipinski definition) is 3. The minimum Gasteiger partial charge on any atom is -0.206 e. The molecule has 2 rings (SSSR count). The first-order valence-corrected chi connectivity index (χ1v) is 8.82. The molecule has 0 saturated heterocycles. The van der Waals surface area contributed by atoms with E-state index in [1.165, 1.54) is 15.6 Å². The number of benzene rings is 1. The van der Waals surface area contributed by atoms with Crippen LogP contribution >= 0.6 is 27.3 Å². The molecule has 0 saturated carbocycles. The summed E-state index contributed by atoms with van der Waals surface area (Å²) < 4.78 is 27.4. The molecule has 0 fully saturated rings. The fourth-order valence-electron chi connectivity index (χ4n) is 1.74. The van der Waals surface area contributed by atoms with Gasteiger partial charge < -0.3 is 0 Å². The van der Waals surface area contributed by atoms with Gasteiger partial charge in [-0.2, -0.15) is 4.31 Å². The molecule has 19 heavy (non-hydrogen) atoms. The Morgan fingerprint density at radius 2 is 1.84 bits per heavy atom. The maximum atomic E-state index is 12.5. The van der Waals surface area contributed by atoms with Crippen LogP contribution < -0.4 is 0 Å². The molecule has 1 atom stereocenters. The summed E-state index contributed by atoms with van der Waals surface area (Å²) in [7, 11) is -1.86. The topological polar surface area (TPSA) is 37.4 Å². The lowest BCUT2D eigenvalue weighted by Gasteiger charge is -2.24. The lowest BCUT2D eigenvalue weighted by atomic mass is 10.1. The van der Waals surface area contributed by atoms with Crippen LogP contribution in [0.4, 0.5) is 0 Å². The Bertz CT molecular complexity index is 652. The highest BCUT2D eigenvalue weighted by Gasteiger charge is 2.28. The monoisotopic (exact) mass is 359 g/mol. The van der Waals surface area contributed by atoms with Crippen LogP contribution in [-0.2, 0) is 10.0 Å². The fraction of sp³-hybridized carbons (Fsp3) is 0.231. The van der Waals surface area contributed by atoms with Crippen molar-refractivity contribution in [2.24, 2.45) is 0 Å². The Labute approximate surface area is 126 Å². The maximum absolute atomic E-state index is 12.5. The molecular weight excluding hydrogens is 346 g/mol. The molecule has 0 radical (unpaired) electrons. The standard InChI is InChI=1S/C13H14BrNO2S2/c1-10(11-6-4-3-5-7-11)15(2)19(16,17)13-12(14)8-9-18-13/h3-10H,1-2H3. The first-order valence-electron chi connectivity index (χ1n) is 5.70. The van der Waals surface area contributed by atoms with Gasteiger partial charge in [-0.05, 0) is 39.9 Å². The highest BCUT2D eigenvalue weighted by molar-refractivity contribution is 9.10. The van der Waals surface area contributed by atoms with Crippen molar-refractivity contribution in [3.05, 3.63) is 51.8 Å². The lowest BCUT2D eigenvalue weighted by molar-refractivity contribution is 0.399. The Hall–Kier alpha value is -0.690. The molecule has 0 bridgehead atoms. The highest BCUT2D eigenvalue weighted by atomic mass is 79.9. The second kappa shape index (κ2) is 5.75. The van der Waals surface area contributed by atoms with Crippen molar-refractivity contribution in [2.75, 3.05) is 7.05 Å². The summed E-state index contributed by atoms with van der Waals surface area (Å²) in [5.41, 5.74) is 0.973. The second-order valence-electron chi connectivity index (χ2n) is 4.16. The summed E-state index contributed by atoms with van der Waals surface area (Å²) >= 11 is 4.50. The third-order valence-corrected chi connectivity index (χ3v) is 7.60. The van der Waals surface area contributed by atoms with E-state index < -0.39 is 10.0 Å². The summed E-state index contributed by atoms with van der Waals surface area (Å²) in [6, 6.07) is 11.1. The molecular formula is C13H14BrNO2S2. The van der Waals surface area contributed by atoms with Gasteiger partial charge in [-0.3, -0.25) is 0 Å². The predicted octanol–water partition coefficient (Wildman–Crippen LogP) is 3.89. The van der Waals surface area contributed by atoms with Crippen LogP contribution in [0.2, 0.25) is 0 Å². The third-order valence-electron chi connectivity index (χ3n) is 3.03. The van der Waals surface area contributed by atoms with E-state index in [4.69, 9.17) is 0 Å². The summed E-state index contributed by atoms with van der Waals surface area (Å²) in [6.07, 6.45) is 0. The van der Waals surface area contributed by atoms with Gasteiger partial charge in [0.1, 0.15) is 4.21 Å². The van der Waals surface area contributed by atoms with E-state index in [1.54, 1.807) is 18.5 Å². The van der Waals surface area contributed by atoms with Crippen LogP contribution in [0.15, 0.2) is 50.5 Å². The molecule has 1 unspecified atom stereocenters. The summed E-state index contributed by atoms with van der Waals surface area (Å²) in [5, 5.41) is 1.76. The number of nitrogens with zero attached hydrogens (tertiary/aromatic N) is 1. The molecule has 0 spiro atoms. The minimum absolute atomic E-state index is 0.208. The number of hydrogen-bond donors (Lipinski definition) is 0. The van der Waals surface area contributed by atoms with E-state index in [1.807, 2.05) is 37.3 Å².